The molecule has 0 spiro atoms. The summed E-state index contributed by atoms with van der Waals surface area (Å²) in [5.74, 6) is -0.194. The standard InChI is InChI=1S/C16H33N3O/c1-7-18-16(14(17)20)10-8-9-13(11-16)19(6)12(2)15(3,4)5/h12-13,18H,7-11H2,1-6H3,(H2,17,20). The van der Waals surface area contributed by atoms with Crippen LogP contribution in [0.5, 0.6) is 0 Å². The molecule has 1 aliphatic rings. The summed E-state index contributed by atoms with van der Waals surface area (Å²) in [6.45, 7) is 11.9. The average molecular weight is 283 g/mol. The molecule has 1 fully saturated rings. The van der Waals surface area contributed by atoms with E-state index in [4.69, 9.17) is 5.73 Å². The predicted molar refractivity (Wildman–Crippen MR) is 84.5 cm³/mol. The minimum atomic E-state index is -0.510. The van der Waals surface area contributed by atoms with E-state index in [0.717, 1.165) is 32.2 Å². The molecule has 20 heavy (non-hydrogen) atoms. The topological polar surface area (TPSA) is 58.4 Å². The molecule has 0 saturated heterocycles. The lowest BCUT2D eigenvalue weighted by atomic mass is 9.76. The molecule has 1 aliphatic carbocycles. The summed E-state index contributed by atoms with van der Waals surface area (Å²) >= 11 is 0. The molecule has 0 aromatic heterocycles. The van der Waals surface area contributed by atoms with Crippen LogP contribution in [0, 0.1) is 5.41 Å². The number of amides is 1. The van der Waals surface area contributed by atoms with Gasteiger partial charge in [-0.3, -0.25) is 4.79 Å². The number of rotatable bonds is 5. The predicted octanol–water partition coefficient (Wildman–Crippen LogP) is 2.13. The summed E-state index contributed by atoms with van der Waals surface area (Å²) in [6.07, 6.45) is 3.90. The molecular weight excluding hydrogens is 250 g/mol. The first-order valence-electron chi connectivity index (χ1n) is 7.91. The maximum absolute atomic E-state index is 11.9. The second-order valence-electron chi connectivity index (χ2n) is 7.43. The summed E-state index contributed by atoms with van der Waals surface area (Å²) in [4.78, 5) is 14.4. The van der Waals surface area contributed by atoms with Gasteiger partial charge < -0.3 is 16.0 Å². The van der Waals surface area contributed by atoms with E-state index in [-0.39, 0.29) is 11.3 Å². The fourth-order valence-electron chi connectivity index (χ4n) is 3.33. The van der Waals surface area contributed by atoms with Crippen LogP contribution in [0.15, 0.2) is 0 Å². The molecule has 0 heterocycles. The molecule has 0 aliphatic heterocycles. The zero-order valence-electron chi connectivity index (χ0n) is 14.1. The van der Waals surface area contributed by atoms with Crippen LogP contribution in [0.25, 0.3) is 0 Å². The zero-order chi connectivity index (χ0) is 15.6. The first-order valence-corrected chi connectivity index (χ1v) is 7.91. The van der Waals surface area contributed by atoms with Crippen molar-refractivity contribution < 1.29 is 4.79 Å². The van der Waals surface area contributed by atoms with E-state index in [0.29, 0.717) is 12.1 Å². The van der Waals surface area contributed by atoms with Gasteiger partial charge in [-0.2, -0.15) is 0 Å². The average Bonchev–Trinajstić information content (AvgIpc) is 2.36. The van der Waals surface area contributed by atoms with E-state index in [1.165, 1.54) is 0 Å². The summed E-state index contributed by atoms with van der Waals surface area (Å²) < 4.78 is 0. The van der Waals surface area contributed by atoms with Crippen molar-refractivity contribution in [1.82, 2.24) is 10.2 Å². The Morgan fingerprint density at radius 2 is 2.10 bits per heavy atom. The van der Waals surface area contributed by atoms with E-state index in [2.05, 4.69) is 45.0 Å². The van der Waals surface area contributed by atoms with Gasteiger partial charge in [0.25, 0.3) is 0 Å². The van der Waals surface area contributed by atoms with Crippen LogP contribution in [-0.2, 0) is 4.79 Å². The molecule has 3 atom stereocenters. The third-order valence-corrected chi connectivity index (χ3v) is 5.15. The van der Waals surface area contributed by atoms with Crippen molar-refractivity contribution in [2.45, 2.75) is 77.9 Å². The lowest BCUT2D eigenvalue weighted by molar-refractivity contribution is -0.127. The maximum atomic E-state index is 11.9. The largest absolute Gasteiger partial charge is 0.368 e. The number of nitrogens with zero attached hydrogens (tertiary/aromatic N) is 1. The van der Waals surface area contributed by atoms with Gasteiger partial charge in [-0.1, -0.05) is 27.7 Å². The Kier molecular flexibility index (Phi) is 5.61. The van der Waals surface area contributed by atoms with Gasteiger partial charge >= 0.3 is 0 Å². The summed E-state index contributed by atoms with van der Waals surface area (Å²) in [5.41, 5.74) is 5.42. The second-order valence-corrected chi connectivity index (χ2v) is 7.43. The smallest absolute Gasteiger partial charge is 0.237 e. The van der Waals surface area contributed by atoms with E-state index >= 15 is 0 Å². The number of primary amides is 1. The van der Waals surface area contributed by atoms with Crippen molar-refractivity contribution >= 4 is 5.91 Å². The molecule has 4 heteroatoms. The molecule has 0 radical (unpaired) electrons. The van der Waals surface area contributed by atoms with Crippen molar-refractivity contribution in [1.29, 1.82) is 0 Å². The van der Waals surface area contributed by atoms with Gasteiger partial charge in [0.1, 0.15) is 0 Å². The lowest BCUT2D eigenvalue weighted by Crippen LogP contribution is -2.61. The highest BCUT2D eigenvalue weighted by Crippen LogP contribution is 2.34. The first-order chi connectivity index (χ1) is 9.14. The fraction of sp³-hybridized carbons (Fsp3) is 0.938. The quantitative estimate of drug-likeness (QED) is 0.812. The highest BCUT2D eigenvalue weighted by molar-refractivity contribution is 5.84. The number of hydrogen-bond acceptors (Lipinski definition) is 3. The number of hydrogen-bond donors (Lipinski definition) is 2. The SMILES string of the molecule is CCNC1(C(N)=O)CCCC(N(C)C(C)C(C)(C)C)C1. The van der Waals surface area contributed by atoms with Crippen LogP contribution in [0.4, 0.5) is 0 Å². The van der Waals surface area contributed by atoms with Crippen LogP contribution in [0.3, 0.4) is 0 Å². The van der Waals surface area contributed by atoms with Gasteiger partial charge in [0.2, 0.25) is 5.91 Å². The number of nitrogens with two attached hydrogens (primary N) is 1. The second kappa shape index (κ2) is 6.44. The number of carbonyl (C=O) groups excluding carboxylic acids is 1. The number of nitrogens with one attached hydrogen (secondary N) is 1. The molecule has 4 nitrogen and oxygen atoms in total. The van der Waals surface area contributed by atoms with E-state index in [1.807, 2.05) is 6.92 Å². The van der Waals surface area contributed by atoms with Crippen molar-refractivity contribution in [2.75, 3.05) is 13.6 Å². The Labute approximate surface area is 124 Å². The van der Waals surface area contributed by atoms with Gasteiger partial charge in [-0.25, -0.2) is 0 Å². The van der Waals surface area contributed by atoms with Crippen LogP contribution in [0.2, 0.25) is 0 Å². The van der Waals surface area contributed by atoms with Crippen LogP contribution in [-0.4, -0.2) is 42.0 Å². The minimum absolute atomic E-state index is 0.194. The van der Waals surface area contributed by atoms with Crippen molar-refractivity contribution in [3.63, 3.8) is 0 Å². The normalized spacial score (nSPS) is 29.4. The van der Waals surface area contributed by atoms with Gasteiger partial charge in [0, 0.05) is 12.1 Å². The van der Waals surface area contributed by atoms with Crippen LogP contribution < -0.4 is 11.1 Å². The molecule has 118 valence electrons. The maximum Gasteiger partial charge on any atom is 0.237 e. The Bertz CT molecular complexity index is 333. The van der Waals surface area contributed by atoms with Gasteiger partial charge in [-0.05, 0) is 51.6 Å². The van der Waals surface area contributed by atoms with Crippen molar-refractivity contribution in [3.8, 4) is 0 Å². The van der Waals surface area contributed by atoms with Gasteiger partial charge in [0.05, 0.1) is 5.54 Å². The highest BCUT2D eigenvalue weighted by atomic mass is 16.1. The lowest BCUT2D eigenvalue weighted by Gasteiger charge is -2.46. The van der Waals surface area contributed by atoms with Gasteiger partial charge in [-0.15, -0.1) is 0 Å². The number of carbonyl (C=O) groups is 1. The number of likely N-dealkylation sites (N-methyl/N-ethyl adjacent to an activating group) is 1. The molecule has 3 unspecified atom stereocenters. The van der Waals surface area contributed by atoms with Crippen LogP contribution in [0.1, 0.15) is 60.3 Å². The van der Waals surface area contributed by atoms with Gasteiger partial charge in [0.15, 0.2) is 0 Å². The summed E-state index contributed by atoms with van der Waals surface area (Å²) in [5, 5.41) is 3.36. The summed E-state index contributed by atoms with van der Waals surface area (Å²) in [6, 6.07) is 0.891. The molecule has 1 amide bonds. The Balaban J connectivity index is 2.85. The minimum Gasteiger partial charge on any atom is -0.368 e. The highest BCUT2D eigenvalue weighted by Gasteiger charge is 2.43. The van der Waals surface area contributed by atoms with E-state index in [1.54, 1.807) is 0 Å². The molecule has 1 saturated carbocycles. The Morgan fingerprint density at radius 1 is 1.50 bits per heavy atom. The molecule has 0 aromatic carbocycles. The zero-order valence-corrected chi connectivity index (χ0v) is 14.1. The molecule has 3 N–H and O–H groups in total. The third-order valence-electron chi connectivity index (χ3n) is 5.15. The molecule has 1 rings (SSSR count). The molecule has 0 aromatic rings. The fourth-order valence-corrected chi connectivity index (χ4v) is 3.33. The third kappa shape index (κ3) is 3.73. The summed E-state index contributed by atoms with van der Waals surface area (Å²) in [7, 11) is 2.18. The first kappa shape index (κ1) is 17.4. The monoisotopic (exact) mass is 283 g/mol. The van der Waals surface area contributed by atoms with Crippen molar-refractivity contribution in [2.24, 2.45) is 11.1 Å². The Morgan fingerprint density at radius 3 is 2.55 bits per heavy atom. The molecular formula is C16H33N3O. The van der Waals surface area contributed by atoms with Crippen molar-refractivity contribution in [3.05, 3.63) is 0 Å². The van der Waals surface area contributed by atoms with E-state index < -0.39 is 5.54 Å². The molecule has 0 bridgehead atoms. The Hall–Kier alpha value is -0.610. The van der Waals surface area contributed by atoms with E-state index in [9.17, 15) is 4.79 Å². The van der Waals surface area contributed by atoms with Crippen LogP contribution >= 0.6 is 0 Å².